The van der Waals surface area contributed by atoms with Crippen LogP contribution >= 0.6 is 0 Å². The monoisotopic (exact) mass is 207 g/mol. The molecule has 0 unspecified atom stereocenters. The molecule has 1 rings (SSSR count). The maximum atomic E-state index is 11.0. The van der Waals surface area contributed by atoms with Gasteiger partial charge in [0.1, 0.15) is 0 Å². The van der Waals surface area contributed by atoms with Crippen LogP contribution in [-0.2, 0) is 18.0 Å². The lowest BCUT2D eigenvalue weighted by Crippen LogP contribution is -2.08. The molecule has 4 heteroatoms. The summed E-state index contributed by atoms with van der Waals surface area (Å²) in [6, 6.07) is 4.93. The average Bonchev–Trinajstić information content (AvgIpc) is 2.28. The Bertz CT molecular complexity index is 374. The molecule has 1 aromatic carbocycles. The van der Waals surface area contributed by atoms with Crippen LogP contribution in [0.4, 0.5) is 5.69 Å². The first-order valence-corrected chi connectivity index (χ1v) is 4.48. The van der Waals surface area contributed by atoms with Gasteiger partial charge in [0, 0.05) is 5.69 Å². The van der Waals surface area contributed by atoms with Gasteiger partial charge in [-0.2, -0.15) is 0 Å². The van der Waals surface area contributed by atoms with Crippen molar-refractivity contribution in [3.05, 3.63) is 42.0 Å². The summed E-state index contributed by atoms with van der Waals surface area (Å²) in [5, 5.41) is 20.5. The highest BCUT2D eigenvalue weighted by atomic mass is 16.3. The Morgan fingerprint density at radius 1 is 1.33 bits per heavy atom. The van der Waals surface area contributed by atoms with Crippen LogP contribution in [0, 0.1) is 0 Å². The van der Waals surface area contributed by atoms with Gasteiger partial charge in [0.25, 0.3) is 0 Å². The minimum atomic E-state index is -0.310. The van der Waals surface area contributed by atoms with Crippen molar-refractivity contribution in [2.24, 2.45) is 0 Å². The molecule has 0 spiro atoms. The summed E-state index contributed by atoms with van der Waals surface area (Å²) in [5.74, 6) is -0.310. The summed E-state index contributed by atoms with van der Waals surface area (Å²) in [7, 11) is 0. The molecule has 1 aromatic rings. The lowest BCUT2D eigenvalue weighted by Gasteiger charge is -2.08. The van der Waals surface area contributed by atoms with Gasteiger partial charge in [-0.25, -0.2) is 0 Å². The molecule has 0 heterocycles. The van der Waals surface area contributed by atoms with E-state index in [2.05, 4.69) is 11.9 Å². The summed E-state index contributed by atoms with van der Waals surface area (Å²) >= 11 is 0. The molecule has 0 fully saturated rings. The predicted molar refractivity (Wildman–Crippen MR) is 57.1 cm³/mol. The van der Waals surface area contributed by atoms with Gasteiger partial charge in [-0.3, -0.25) is 4.79 Å². The summed E-state index contributed by atoms with van der Waals surface area (Å²) in [4.78, 5) is 11.0. The first-order valence-electron chi connectivity index (χ1n) is 4.48. The summed E-state index contributed by atoms with van der Waals surface area (Å²) in [6.45, 7) is 3.03. The zero-order valence-electron chi connectivity index (χ0n) is 8.23. The molecule has 3 N–H and O–H groups in total. The van der Waals surface area contributed by atoms with E-state index in [1.165, 1.54) is 6.08 Å². The first kappa shape index (κ1) is 11.4. The third kappa shape index (κ3) is 2.90. The largest absolute Gasteiger partial charge is 0.392 e. The SMILES string of the molecule is C=CC(=O)Nc1ccc(CO)c(CO)c1. The number of nitrogens with one attached hydrogen (secondary N) is 1. The Labute approximate surface area is 87.9 Å². The molecule has 1 amide bonds. The normalized spacial score (nSPS) is 9.73. The van der Waals surface area contributed by atoms with Gasteiger partial charge in [-0.05, 0) is 29.3 Å². The molecule has 0 aliphatic carbocycles. The Hall–Kier alpha value is -1.65. The third-order valence-corrected chi connectivity index (χ3v) is 2.00. The van der Waals surface area contributed by atoms with Gasteiger partial charge in [0.05, 0.1) is 13.2 Å². The van der Waals surface area contributed by atoms with Crippen LogP contribution in [0.2, 0.25) is 0 Å². The second kappa shape index (κ2) is 5.29. The number of anilines is 1. The lowest BCUT2D eigenvalue weighted by molar-refractivity contribution is -0.111. The van der Waals surface area contributed by atoms with E-state index in [1.54, 1.807) is 18.2 Å². The quantitative estimate of drug-likeness (QED) is 0.639. The number of hydrogen-bond donors (Lipinski definition) is 3. The number of amides is 1. The molecule has 0 radical (unpaired) electrons. The van der Waals surface area contributed by atoms with E-state index in [0.29, 0.717) is 16.8 Å². The van der Waals surface area contributed by atoms with Crippen molar-refractivity contribution in [3.8, 4) is 0 Å². The van der Waals surface area contributed by atoms with E-state index in [4.69, 9.17) is 10.2 Å². The van der Waals surface area contributed by atoms with Crippen LogP contribution in [0.5, 0.6) is 0 Å². The highest BCUT2D eigenvalue weighted by Crippen LogP contribution is 2.16. The van der Waals surface area contributed by atoms with Gasteiger partial charge in [-0.1, -0.05) is 12.6 Å². The van der Waals surface area contributed by atoms with Crippen molar-refractivity contribution in [2.75, 3.05) is 5.32 Å². The second-order valence-corrected chi connectivity index (χ2v) is 2.99. The molecular weight excluding hydrogens is 194 g/mol. The fourth-order valence-corrected chi connectivity index (χ4v) is 1.20. The number of hydrogen-bond acceptors (Lipinski definition) is 3. The number of benzene rings is 1. The maximum absolute atomic E-state index is 11.0. The van der Waals surface area contributed by atoms with Gasteiger partial charge in [0.15, 0.2) is 0 Å². The van der Waals surface area contributed by atoms with Crippen LogP contribution in [0.1, 0.15) is 11.1 Å². The van der Waals surface area contributed by atoms with Crippen molar-refractivity contribution in [1.82, 2.24) is 0 Å². The van der Waals surface area contributed by atoms with Gasteiger partial charge in [-0.15, -0.1) is 0 Å². The lowest BCUT2D eigenvalue weighted by atomic mass is 10.1. The standard InChI is InChI=1S/C11H13NO3/c1-2-11(15)12-10-4-3-8(6-13)9(5-10)7-14/h2-5,13-14H,1,6-7H2,(H,12,15). The van der Waals surface area contributed by atoms with Crippen LogP contribution in [0.25, 0.3) is 0 Å². The van der Waals surface area contributed by atoms with Gasteiger partial charge >= 0.3 is 0 Å². The molecule has 15 heavy (non-hydrogen) atoms. The van der Waals surface area contributed by atoms with Crippen LogP contribution in [0.15, 0.2) is 30.9 Å². The molecule has 4 nitrogen and oxygen atoms in total. The van der Waals surface area contributed by atoms with E-state index in [9.17, 15) is 4.79 Å². The molecule has 0 aromatic heterocycles. The van der Waals surface area contributed by atoms with Crippen molar-refractivity contribution >= 4 is 11.6 Å². The minimum Gasteiger partial charge on any atom is -0.392 e. The molecular formula is C11H13NO3. The summed E-state index contributed by atoms with van der Waals surface area (Å²) < 4.78 is 0. The fourth-order valence-electron chi connectivity index (χ4n) is 1.20. The predicted octanol–water partition coefficient (Wildman–Crippen LogP) is 0.796. The van der Waals surface area contributed by atoms with Crippen LogP contribution < -0.4 is 5.32 Å². The highest BCUT2D eigenvalue weighted by molar-refractivity contribution is 5.98. The van der Waals surface area contributed by atoms with Crippen molar-refractivity contribution in [1.29, 1.82) is 0 Å². The third-order valence-electron chi connectivity index (χ3n) is 2.00. The van der Waals surface area contributed by atoms with Crippen LogP contribution in [-0.4, -0.2) is 16.1 Å². The van der Waals surface area contributed by atoms with Crippen molar-refractivity contribution < 1.29 is 15.0 Å². The van der Waals surface area contributed by atoms with Gasteiger partial charge in [0.2, 0.25) is 5.91 Å². The number of carbonyl (C=O) groups is 1. The van der Waals surface area contributed by atoms with E-state index >= 15 is 0 Å². The Morgan fingerprint density at radius 3 is 2.53 bits per heavy atom. The molecule has 80 valence electrons. The van der Waals surface area contributed by atoms with Crippen LogP contribution in [0.3, 0.4) is 0 Å². The second-order valence-electron chi connectivity index (χ2n) is 2.99. The molecule has 0 bridgehead atoms. The topological polar surface area (TPSA) is 69.6 Å². The van der Waals surface area contributed by atoms with Crippen molar-refractivity contribution in [2.45, 2.75) is 13.2 Å². The van der Waals surface area contributed by atoms with E-state index in [-0.39, 0.29) is 19.1 Å². The smallest absolute Gasteiger partial charge is 0.247 e. The van der Waals surface area contributed by atoms with Crippen molar-refractivity contribution in [3.63, 3.8) is 0 Å². The zero-order chi connectivity index (χ0) is 11.3. The molecule has 0 aliphatic rings. The zero-order valence-corrected chi connectivity index (χ0v) is 8.23. The maximum Gasteiger partial charge on any atom is 0.247 e. The average molecular weight is 207 g/mol. The molecule has 0 saturated heterocycles. The highest BCUT2D eigenvalue weighted by Gasteiger charge is 2.03. The summed E-state index contributed by atoms with van der Waals surface area (Å²) in [6.07, 6.45) is 1.17. The van der Waals surface area contributed by atoms with E-state index in [0.717, 1.165) is 0 Å². The molecule has 0 aliphatic heterocycles. The van der Waals surface area contributed by atoms with Gasteiger partial charge < -0.3 is 15.5 Å². The Balaban J connectivity index is 2.92. The number of aliphatic hydroxyl groups excluding tert-OH is 2. The minimum absolute atomic E-state index is 0.133. The first-order chi connectivity index (χ1) is 7.21. The Kier molecular flexibility index (Phi) is 4.03. The van der Waals surface area contributed by atoms with E-state index < -0.39 is 0 Å². The number of carbonyl (C=O) groups excluding carboxylic acids is 1. The number of rotatable bonds is 4. The summed E-state index contributed by atoms with van der Waals surface area (Å²) in [5.41, 5.74) is 1.81. The fraction of sp³-hybridized carbons (Fsp3) is 0.182. The molecule has 0 atom stereocenters. The molecule has 0 saturated carbocycles. The van der Waals surface area contributed by atoms with E-state index in [1.807, 2.05) is 0 Å². The number of aliphatic hydroxyl groups is 2. The Morgan fingerprint density at radius 2 is 2.00 bits per heavy atom.